The van der Waals surface area contributed by atoms with Crippen molar-refractivity contribution in [2.45, 2.75) is 25.8 Å². The minimum absolute atomic E-state index is 0. The molecule has 1 aliphatic rings. The van der Waals surface area contributed by atoms with E-state index in [-0.39, 0.29) is 24.4 Å². The summed E-state index contributed by atoms with van der Waals surface area (Å²) in [5.74, 6) is 0.802. The highest BCUT2D eigenvalue weighted by Crippen LogP contribution is 2.29. The molecule has 0 bridgehead atoms. The van der Waals surface area contributed by atoms with E-state index in [2.05, 4.69) is 13.0 Å². The van der Waals surface area contributed by atoms with Crippen molar-refractivity contribution in [1.29, 1.82) is 0 Å². The van der Waals surface area contributed by atoms with Crippen LogP contribution in [0.1, 0.15) is 30.1 Å². The largest absolute Gasteiger partial charge is 0.334 e. The number of amides is 1. The van der Waals surface area contributed by atoms with Crippen molar-refractivity contribution in [3.8, 4) is 0 Å². The fourth-order valence-corrected chi connectivity index (χ4v) is 3.98. The van der Waals surface area contributed by atoms with Crippen molar-refractivity contribution < 1.29 is 4.79 Å². The normalized spacial score (nSPS) is 22.1. The molecule has 0 aliphatic carbocycles. The van der Waals surface area contributed by atoms with Crippen LogP contribution in [-0.2, 0) is 0 Å². The molecule has 2 N–H and O–H groups in total. The molecule has 0 saturated carbocycles. The summed E-state index contributed by atoms with van der Waals surface area (Å²) in [5, 5.41) is 3.05. The van der Waals surface area contributed by atoms with Crippen molar-refractivity contribution in [3.05, 3.63) is 35.2 Å². The molecule has 5 heteroatoms. The minimum Gasteiger partial charge on any atom is -0.334 e. The van der Waals surface area contributed by atoms with Gasteiger partial charge in [0.15, 0.2) is 0 Å². The zero-order valence-electron chi connectivity index (χ0n) is 12.1. The molecular weight excluding hydrogens is 304 g/mol. The second-order valence-corrected chi connectivity index (χ2v) is 6.57. The molecule has 2 heterocycles. The number of nitrogens with zero attached hydrogens (tertiary/aromatic N) is 1. The molecule has 1 aliphatic heterocycles. The van der Waals surface area contributed by atoms with Gasteiger partial charge in [-0.25, -0.2) is 0 Å². The quantitative estimate of drug-likeness (QED) is 0.918. The predicted octanol–water partition coefficient (Wildman–Crippen LogP) is 3.52. The van der Waals surface area contributed by atoms with Crippen LogP contribution in [0.3, 0.4) is 0 Å². The van der Waals surface area contributed by atoms with E-state index in [1.54, 1.807) is 11.3 Å². The average molecular weight is 325 g/mol. The molecule has 1 aromatic carbocycles. The Kier molecular flexibility index (Phi) is 5.25. The molecule has 1 saturated heterocycles. The molecular formula is C16H21ClN2OS. The molecule has 1 amide bonds. The molecule has 1 fully saturated rings. The summed E-state index contributed by atoms with van der Waals surface area (Å²) in [6, 6.07) is 8.28. The van der Waals surface area contributed by atoms with Crippen LogP contribution in [0, 0.1) is 5.92 Å². The number of benzene rings is 1. The first-order valence-electron chi connectivity index (χ1n) is 7.18. The highest BCUT2D eigenvalue weighted by Gasteiger charge is 2.30. The standard InChI is InChI=1S/C16H20N2OS.ClH/c1-11-6-7-18(12(8-11)9-17)16(19)14-10-20-15-5-3-2-4-13(14)15;/h2-5,10-12H,6-9,17H2,1H3;1H. The van der Waals surface area contributed by atoms with E-state index in [1.807, 2.05) is 28.5 Å². The molecule has 0 spiro atoms. The maximum Gasteiger partial charge on any atom is 0.255 e. The maximum atomic E-state index is 12.8. The van der Waals surface area contributed by atoms with Gasteiger partial charge in [0, 0.05) is 34.6 Å². The number of rotatable bonds is 2. The van der Waals surface area contributed by atoms with Crippen LogP contribution in [0.4, 0.5) is 0 Å². The van der Waals surface area contributed by atoms with Gasteiger partial charge in [-0.1, -0.05) is 25.1 Å². The van der Waals surface area contributed by atoms with E-state index >= 15 is 0 Å². The topological polar surface area (TPSA) is 46.3 Å². The van der Waals surface area contributed by atoms with Crippen LogP contribution in [0.5, 0.6) is 0 Å². The van der Waals surface area contributed by atoms with Crippen molar-refractivity contribution in [3.63, 3.8) is 0 Å². The maximum absolute atomic E-state index is 12.8. The number of piperidine rings is 1. The Hall–Kier alpha value is -1.10. The summed E-state index contributed by atoms with van der Waals surface area (Å²) >= 11 is 1.64. The van der Waals surface area contributed by atoms with Gasteiger partial charge in [0.1, 0.15) is 0 Å². The zero-order chi connectivity index (χ0) is 14.1. The lowest BCUT2D eigenvalue weighted by Crippen LogP contribution is -2.49. The number of carbonyl (C=O) groups is 1. The Balaban J connectivity index is 0.00000161. The van der Waals surface area contributed by atoms with Gasteiger partial charge in [-0.3, -0.25) is 4.79 Å². The molecule has 2 unspecified atom stereocenters. The Morgan fingerprint density at radius 2 is 2.19 bits per heavy atom. The molecule has 0 radical (unpaired) electrons. The monoisotopic (exact) mass is 324 g/mol. The Bertz CT molecular complexity index is 628. The Morgan fingerprint density at radius 3 is 2.95 bits per heavy atom. The van der Waals surface area contributed by atoms with Crippen LogP contribution >= 0.6 is 23.7 Å². The molecule has 3 nitrogen and oxygen atoms in total. The summed E-state index contributed by atoms with van der Waals surface area (Å²) < 4.78 is 1.17. The molecule has 1 aromatic heterocycles. The van der Waals surface area contributed by atoms with Crippen LogP contribution in [0.2, 0.25) is 0 Å². The van der Waals surface area contributed by atoms with Gasteiger partial charge in [0.2, 0.25) is 0 Å². The van der Waals surface area contributed by atoms with Crippen molar-refractivity contribution >= 4 is 39.7 Å². The van der Waals surface area contributed by atoms with E-state index in [9.17, 15) is 4.79 Å². The van der Waals surface area contributed by atoms with Crippen LogP contribution in [0.25, 0.3) is 10.1 Å². The number of nitrogens with two attached hydrogens (primary N) is 1. The van der Waals surface area contributed by atoms with Crippen molar-refractivity contribution in [1.82, 2.24) is 4.90 Å². The third-order valence-electron chi connectivity index (χ3n) is 4.22. The number of likely N-dealkylation sites (tertiary alicyclic amines) is 1. The second kappa shape index (κ2) is 6.77. The van der Waals surface area contributed by atoms with Gasteiger partial charge < -0.3 is 10.6 Å². The fraction of sp³-hybridized carbons (Fsp3) is 0.438. The summed E-state index contributed by atoms with van der Waals surface area (Å²) in [7, 11) is 0. The van der Waals surface area contributed by atoms with E-state index in [1.165, 1.54) is 4.70 Å². The number of hydrogen-bond acceptors (Lipinski definition) is 3. The van der Waals surface area contributed by atoms with Crippen molar-refractivity contribution in [2.24, 2.45) is 11.7 Å². The Morgan fingerprint density at radius 1 is 1.43 bits per heavy atom. The highest BCUT2D eigenvalue weighted by atomic mass is 35.5. The first-order chi connectivity index (χ1) is 9.70. The summed E-state index contributed by atoms with van der Waals surface area (Å²) in [6.07, 6.45) is 2.09. The summed E-state index contributed by atoms with van der Waals surface area (Å²) in [6.45, 7) is 3.62. The number of fused-ring (bicyclic) bond motifs is 1. The van der Waals surface area contributed by atoms with E-state index in [4.69, 9.17) is 5.73 Å². The van der Waals surface area contributed by atoms with Gasteiger partial charge in [0.25, 0.3) is 5.91 Å². The lowest BCUT2D eigenvalue weighted by molar-refractivity contribution is 0.0576. The highest BCUT2D eigenvalue weighted by molar-refractivity contribution is 7.17. The van der Waals surface area contributed by atoms with E-state index in [0.29, 0.717) is 12.5 Å². The van der Waals surface area contributed by atoms with Crippen LogP contribution in [0.15, 0.2) is 29.6 Å². The van der Waals surface area contributed by atoms with Crippen LogP contribution < -0.4 is 5.73 Å². The fourth-order valence-electron chi connectivity index (χ4n) is 3.04. The smallest absolute Gasteiger partial charge is 0.255 e. The van der Waals surface area contributed by atoms with E-state index < -0.39 is 0 Å². The number of hydrogen-bond donors (Lipinski definition) is 1. The first kappa shape index (κ1) is 16.3. The molecule has 2 aromatic rings. The molecule has 21 heavy (non-hydrogen) atoms. The minimum atomic E-state index is 0. The second-order valence-electron chi connectivity index (χ2n) is 5.66. The van der Waals surface area contributed by atoms with Crippen molar-refractivity contribution in [2.75, 3.05) is 13.1 Å². The van der Waals surface area contributed by atoms with Gasteiger partial charge in [-0.05, 0) is 24.8 Å². The number of carbonyl (C=O) groups excluding carboxylic acids is 1. The Labute approximate surface area is 135 Å². The molecule has 114 valence electrons. The van der Waals surface area contributed by atoms with E-state index in [0.717, 1.165) is 30.3 Å². The average Bonchev–Trinajstić information content (AvgIpc) is 2.90. The number of thiophene rings is 1. The summed E-state index contributed by atoms with van der Waals surface area (Å²) in [4.78, 5) is 14.8. The first-order valence-corrected chi connectivity index (χ1v) is 8.06. The third-order valence-corrected chi connectivity index (χ3v) is 5.19. The van der Waals surface area contributed by atoms with Gasteiger partial charge in [-0.15, -0.1) is 23.7 Å². The predicted molar refractivity (Wildman–Crippen MR) is 91.3 cm³/mol. The zero-order valence-corrected chi connectivity index (χ0v) is 13.8. The van der Waals surface area contributed by atoms with Gasteiger partial charge in [0.05, 0.1) is 5.56 Å². The number of halogens is 1. The van der Waals surface area contributed by atoms with Gasteiger partial charge in [-0.2, -0.15) is 0 Å². The lowest BCUT2D eigenvalue weighted by atomic mass is 9.92. The lowest BCUT2D eigenvalue weighted by Gasteiger charge is -2.38. The molecule has 3 rings (SSSR count). The third kappa shape index (κ3) is 3.07. The summed E-state index contributed by atoms with van der Waals surface area (Å²) in [5.41, 5.74) is 6.70. The van der Waals surface area contributed by atoms with Crippen LogP contribution in [-0.4, -0.2) is 29.9 Å². The SMILES string of the molecule is CC1CCN(C(=O)c2csc3ccccc23)C(CN)C1.Cl. The van der Waals surface area contributed by atoms with Gasteiger partial charge >= 0.3 is 0 Å². The molecule has 2 atom stereocenters.